The van der Waals surface area contributed by atoms with Crippen LogP contribution < -0.4 is 0 Å². The lowest BCUT2D eigenvalue weighted by Gasteiger charge is -2.06. The van der Waals surface area contributed by atoms with E-state index in [-0.39, 0.29) is 5.88 Å². The first kappa shape index (κ1) is 18.4. The summed E-state index contributed by atoms with van der Waals surface area (Å²) in [5, 5.41) is 17.6. The van der Waals surface area contributed by atoms with Crippen LogP contribution in [0.15, 0.2) is 60.3 Å². The second-order valence-corrected chi connectivity index (χ2v) is 6.05. The minimum atomic E-state index is -0.00838. The molecule has 0 aliphatic carbocycles. The van der Waals surface area contributed by atoms with Gasteiger partial charge in [-0.3, -0.25) is 9.39 Å². The number of aromatic nitrogens is 5. The van der Waals surface area contributed by atoms with Crippen LogP contribution in [0.5, 0.6) is 5.88 Å². The first-order valence-electron chi connectivity index (χ1n) is 8.87. The second-order valence-electron chi connectivity index (χ2n) is 6.05. The molecule has 0 saturated heterocycles. The Hall–Kier alpha value is -3.35. The summed E-state index contributed by atoms with van der Waals surface area (Å²) in [5.74, 6) is -0.00838. The van der Waals surface area contributed by atoms with Crippen LogP contribution in [0.4, 0.5) is 0 Å². The zero-order valence-corrected chi connectivity index (χ0v) is 15.4. The number of aliphatic imine (C=N–C) groups is 1. The fourth-order valence-corrected chi connectivity index (χ4v) is 2.72. The SMILES string of the molecule is CCCc1c(C\C=C/C=C\N=C(/C)c2cccc(O)n2)ncn2cnnc12. The Morgan fingerprint density at radius 3 is 2.96 bits per heavy atom. The average Bonchev–Trinajstić information content (AvgIpc) is 3.15. The fraction of sp³-hybridized carbons (Fsp3) is 0.250. The lowest BCUT2D eigenvalue weighted by Crippen LogP contribution is -2.02. The first-order valence-corrected chi connectivity index (χ1v) is 8.87. The maximum absolute atomic E-state index is 9.41. The summed E-state index contributed by atoms with van der Waals surface area (Å²) in [5.41, 5.74) is 4.43. The Labute approximate surface area is 157 Å². The molecule has 3 heterocycles. The van der Waals surface area contributed by atoms with Gasteiger partial charge >= 0.3 is 0 Å². The van der Waals surface area contributed by atoms with Gasteiger partial charge in [0.15, 0.2) is 5.65 Å². The normalized spacial score (nSPS) is 12.6. The third-order valence-electron chi connectivity index (χ3n) is 4.05. The molecule has 0 fully saturated rings. The van der Waals surface area contributed by atoms with Crippen LogP contribution in [0.25, 0.3) is 5.65 Å². The molecule has 138 valence electrons. The molecule has 0 aliphatic rings. The number of nitrogens with zero attached hydrogens (tertiary/aromatic N) is 6. The molecule has 0 unspecified atom stereocenters. The van der Waals surface area contributed by atoms with E-state index in [9.17, 15) is 5.11 Å². The lowest BCUT2D eigenvalue weighted by atomic mass is 10.1. The molecular formula is C20H22N6O. The highest BCUT2D eigenvalue weighted by molar-refractivity contribution is 5.97. The van der Waals surface area contributed by atoms with Crippen LogP contribution in [0.1, 0.15) is 37.2 Å². The molecule has 3 rings (SSSR count). The van der Waals surface area contributed by atoms with Gasteiger partial charge in [-0.2, -0.15) is 0 Å². The summed E-state index contributed by atoms with van der Waals surface area (Å²) in [7, 11) is 0. The highest BCUT2D eigenvalue weighted by Crippen LogP contribution is 2.15. The Morgan fingerprint density at radius 1 is 1.26 bits per heavy atom. The van der Waals surface area contributed by atoms with Gasteiger partial charge in [0.05, 0.1) is 17.1 Å². The van der Waals surface area contributed by atoms with Crippen molar-refractivity contribution in [2.24, 2.45) is 4.99 Å². The van der Waals surface area contributed by atoms with Gasteiger partial charge in [0.25, 0.3) is 0 Å². The zero-order valence-electron chi connectivity index (χ0n) is 15.4. The van der Waals surface area contributed by atoms with E-state index in [0.717, 1.165) is 41.9 Å². The van der Waals surface area contributed by atoms with E-state index in [4.69, 9.17) is 0 Å². The molecule has 27 heavy (non-hydrogen) atoms. The Morgan fingerprint density at radius 2 is 2.15 bits per heavy atom. The molecule has 0 bridgehead atoms. The summed E-state index contributed by atoms with van der Waals surface area (Å²) in [6.07, 6.45) is 13.7. The molecule has 7 nitrogen and oxygen atoms in total. The summed E-state index contributed by atoms with van der Waals surface area (Å²) in [6.45, 7) is 3.99. The van der Waals surface area contributed by atoms with Crippen molar-refractivity contribution in [2.45, 2.75) is 33.1 Å². The monoisotopic (exact) mass is 362 g/mol. The number of allylic oxidation sites excluding steroid dienone is 3. The molecule has 0 amide bonds. The number of hydrogen-bond donors (Lipinski definition) is 1. The lowest BCUT2D eigenvalue weighted by molar-refractivity contribution is 0.453. The topological polar surface area (TPSA) is 88.6 Å². The van der Waals surface area contributed by atoms with Gasteiger partial charge in [0, 0.05) is 24.3 Å². The van der Waals surface area contributed by atoms with Crippen molar-refractivity contribution >= 4 is 11.4 Å². The number of hydrogen-bond acceptors (Lipinski definition) is 6. The van der Waals surface area contributed by atoms with Gasteiger partial charge in [0.1, 0.15) is 12.7 Å². The molecule has 0 radical (unpaired) electrons. The van der Waals surface area contributed by atoms with Crippen molar-refractivity contribution in [2.75, 3.05) is 0 Å². The van der Waals surface area contributed by atoms with Crippen LogP contribution in [0, 0.1) is 0 Å². The predicted octanol–water partition coefficient (Wildman–Crippen LogP) is 3.30. The van der Waals surface area contributed by atoms with Crippen LogP contribution in [-0.2, 0) is 12.8 Å². The van der Waals surface area contributed by atoms with E-state index >= 15 is 0 Å². The maximum Gasteiger partial charge on any atom is 0.211 e. The van der Waals surface area contributed by atoms with E-state index in [1.165, 1.54) is 6.07 Å². The number of rotatable bonds is 7. The Balaban J connectivity index is 1.65. The predicted molar refractivity (Wildman–Crippen MR) is 105 cm³/mol. The average molecular weight is 362 g/mol. The van der Waals surface area contributed by atoms with Gasteiger partial charge in [-0.25, -0.2) is 9.97 Å². The molecule has 7 heteroatoms. The Kier molecular flexibility index (Phi) is 6.04. The molecule has 0 aliphatic heterocycles. The quantitative estimate of drug-likeness (QED) is 0.514. The van der Waals surface area contributed by atoms with E-state index in [0.29, 0.717) is 5.69 Å². The van der Waals surface area contributed by atoms with E-state index in [2.05, 4.69) is 32.1 Å². The number of aryl methyl sites for hydroxylation is 1. The van der Waals surface area contributed by atoms with Gasteiger partial charge in [0.2, 0.25) is 5.88 Å². The smallest absolute Gasteiger partial charge is 0.211 e. The van der Waals surface area contributed by atoms with E-state index < -0.39 is 0 Å². The van der Waals surface area contributed by atoms with Crippen molar-refractivity contribution in [3.63, 3.8) is 0 Å². The van der Waals surface area contributed by atoms with Gasteiger partial charge in [-0.1, -0.05) is 31.6 Å². The van der Waals surface area contributed by atoms with E-state index in [1.807, 2.05) is 35.6 Å². The third-order valence-corrected chi connectivity index (χ3v) is 4.05. The number of pyridine rings is 1. The van der Waals surface area contributed by atoms with Crippen LogP contribution in [0.3, 0.4) is 0 Å². The highest BCUT2D eigenvalue weighted by Gasteiger charge is 2.09. The van der Waals surface area contributed by atoms with Crippen molar-refractivity contribution < 1.29 is 5.11 Å². The zero-order chi connectivity index (χ0) is 19.1. The Bertz CT molecular complexity index is 1000. The minimum Gasteiger partial charge on any atom is -0.493 e. The summed E-state index contributed by atoms with van der Waals surface area (Å²) < 4.78 is 1.85. The van der Waals surface area contributed by atoms with Crippen LogP contribution in [0.2, 0.25) is 0 Å². The summed E-state index contributed by atoms with van der Waals surface area (Å²) in [4.78, 5) is 12.9. The van der Waals surface area contributed by atoms with Gasteiger partial charge in [-0.05, 0) is 25.5 Å². The largest absolute Gasteiger partial charge is 0.493 e. The molecule has 3 aromatic rings. The van der Waals surface area contributed by atoms with Crippen molar-refractivity contribution in [1.82, 2.24) is 24.6 Å². The molecule has 0 atom stereocenters. The molecule has 0 aromatic carbocycles. The summed E-state index contributed by atoms with van der Waals surface area (Å²) in [6, 6.07) is 5.09. The number of fused-ring (bicyclic) bond motifs is 1. The van der Waals surface area contributed by atoms with Gasteiger partial charge in [-0.15, -0.1) is 10.2 Å². The third kappa shape index (κ3) is 4.63. The van der Waals surface area contributed by atoms with Crippen molar-refractivity contribution in [3.05, 3.63) is 72.2 Å². The fourth-order valence-electron chi connectivity index (χ4n) is 2.72. The van der Waals surface area contributed by atoms with Crippen molar-refractivity contribution in [1.29, 1.82) is 0 Å². The maximum atomic E-state index is 9.41. The van der Waals surface area contributed by atoms with E-state index in [1.54, 1.807) is 24.9 Å². The van der Waals surface area contributed by atoms with Crippen molar-refractivity contribution in [3.8, 4) is 5.88 Å². The standard InChI is InChI=1S/C20H22N6O/c1-3-8-16-18(22-13-26-14-23-25-20(16)26)9-5-4-6-12-21-15(2)17-10-7-11-19(27)24-17/h4-7,10-14H,3,8-9H2,1-2H3,(H,24,27)/b5-4-,12-6-,21-15+. The van der Waals surface area contributed by atoms with Crippen LogP contribution in [-0.4, -0.2) is 35.4 Å². The van der Waals surface area contributed by atoms with Crippen LogP contribution >= 0.6 is 0 Å². The molecule has 3 aromatic heterocycles. The molecule has 1 N–H and O–H groups in total. The molecule has 0 saturated carbocycles. The molecular weight excluding hydrogens is 340 g/mol. The minimum absolute atomic E-state index is 0.00838. The second kappa shape index (κ2) is 8.84. The first-order chi connectivity index (χ1) is 13.2. The van der Waals surface area contributed by atoms with Gasteiger partial charge < -0.3 is 5.11 Å². The summed E-state index contributed by atoms with van der Waals surface area (Å²) >= 11 is 0. The number of aromatic hydroxyl groups is 1. The highest BCUT2D eigenvalue weighted by atomic mass is 16.3. The molecule has 0 spiro atoms.